The van der Waals surface area contributed by atoms with Crippen molar-refractivity contribution < 1.29 is 8.42 Å². The van der Waals surface area contributed by atoms with Crippen molar-refractivity contribution in [2.75, 3.05) is 13.1 Å². The minimum Gasteiger partial charge on any atom is -0.330 e. The summed E-state index contributed by atoms with van der Waals surface area (Å²) in [5.74, 6) is 0.220. The SMILES string of the molecule is CCC(C#N)S(=O)(=O)N1CC(CN)CCC1C. The summed E-state index contributed by atoms with van der Waals surface area (Å²) in [4.78, 5) is 0. The Hall–Kier alpha value is -0.640. The predicted molar refractivity (Wildman–Crippen MR) is 66.6 cm³/mol. The molecular formula is C11H21N3O2S. The van der Waals surface area contributed by atoms with Gasteiger partial charge in [-0.2, -0.15) is 9.57 Å². The van der Waals surface area contributed by atoms with E-state index in [1.54, 1.807) is 6.92 Å². The van der Waals surface area contributed by atoms with Gasteiger partial charge in [0.05, 0.1) is 6.07 Å². The molecule has 6 heteroatoms. The van der Waals surface area contributed by atoms with Crippen molar-refractivity contribution in [3.63, 3.8) is 0 Å². The summed E-state index contributed by atoms with van der Waals surface area (Å²) in [6.07, 6.45) is 2.12. The van der Waals surface area contributed by atoms with Crippen molar-refractivity contribution in [1.29, 1.82) is 5.26 Å². The van der Waals surface area contributed by atoms with Crippen LogP contribution >= 0.6 is 0 Å². The van der Waals surface area contributed by atoms with Crippen LogP contribution < -0.4 is 5.73 Å². The summed E-state index contributed by atoms with van der Waals surface area (Å²) in [6, 6.07) is 1.86. The van der Waals surface area contributed by atoms with Crippen LogP contribution in [0.4, 0.5) is 0 Å². The highest BCUT2D eigenvalue weighted by atomic mass is 32.2. The van der Waals surface area contributed by atoms with Crippen LogP contribution in [0.5, 0.6) is 0 Å². The fourth-order valence-corrected chi connectivity index (χ4v) is 4.13. The molecule has 17 heavy (non-hydrogen) atoms. The molecule has 0 saturated carbocycles. The van der Waals surface area contributed by atoms with E-state index in [2.05, 4.69) is 0 Å². The van der Waals surface area contributed by atoms with Crippen LogP contribution in [0.25, 0.3) is 0 Å². The fraction of sp³-hybridized carbons (Fsp3) is 0.909. The minimum atomic E-state index is -3.50. The van der Waals surface area contributed by atoms with E-state index in [0.717, 1.165) is 12.8 Å². The maximum Gasteiger partial charge on any atom is 0.230 e. The van der Waals surface area contributed by atoms with Crippen molar-refractivity contribution in [3.05, 3.63) is 0 Å². The van der Waals surface area contributed by atoms with Gasteiger partial charge < -0.3 is 5.73 Å². The lowest BCUT2D eigenvalue weighted by molar-refractivity contribution is 0.210. The van der Waals surface area contributed by atoms with E-state index in [-0.39, 0.29) is 12.0 Å². The van der Waals surface area contributed by atoms with E-state index in [0.29, 0.717) is 19.5 Å². The highest BCUT2D eigenvalue weighted by Crippen LogP contribution is 2.26. The smallest absolute Gasteiger partial charge is 0.230 e. The highest BCUT2D eigenvalue weighted by molar-refractivity contribution is 7.90. The lowest BCUT2D eigenvalue weighted by atomic mass is 9.96. The zero-order valence-electron chi connectivity index (χ0n) is 10.5. The number of piperidine rings is 1. The molecule has 1 fully saturated rings. The third kappa shape index (κ3) is 2.97. The van der Waals surface area contributed by atoms with Crippen molar-refractivity contribution in [2.45, 2.75) is 44.4 Å². The number of hydrogen-bond acceptors (Lipinski definition) is 4. The summed E-state index contributed by atoms with van der Waals surface area (Å²) in [6.45, 7) is 4.58. The molecule has 98 valence electrons. The predicted octanol–water partition coefficient (Wildman–Crippen LogP) is 0.678. The number of hydrogen-bond donors (Lipinski definition) is 1. The maximum atomic E-state index is 12.3. The summed E-state index contributed by atoms with van der Waals surface area (Å²) in [5.41, 5.74) is 5.61. The number of sulfonamides is 1. The van der Waals surface area contributed by atoms with Gasteiger partial charge in [-0.05, 0) is 38.6 Å². The van der Waals surface area contributed by atoms with Gasteiger partial charge in [-0.15, -0.1) is 0 Å². The molecule has 0 aromatic carbocycles. The van der Waals surface area contributed by atoms with Gasteiger partial charge >= 0.3 is 0 Å². The van der Waals surface area contributed by atoms with Crippen LogP contribution in [0.15, 0.2) is 0 Å². The molecule has 0 spiro atoms. The van der Waals surface area contributed by atoms with E-state index in [4.69, 9.17) is 11.0 Å². The fourth-order valence-electron chi connectivity index (χ4n) is 2.23. The van der Waals surface area contributed by atoms with Crippen LogP contribution in [0, 0.1) is 17.2 Å². The van der Waals surface area contributed by atoms with Gasteiger partial charge in [0.1, 0.15) is 0 Å². The summed E-state index contributed by atoms with van der Waals surface area (Å²) in [5, 5.41) is 7.99. The third-order valence-corrected chi connectivity index (χ3v) is 5.78. The quantitative estimate of drug-likeness (QED) is 0.804. The van der Waals surface area contributed by atoms with Crippen LogP contribution in [0.3, 0.4) is 0 Å². The Kier molecular flexibility index (Phi) is 4.92. The average Bonchev–Trinajstić information content (AvgIpc) is 2.30. The zero-order chi connectivity index (χ0) is 13.1. The maximum absolute atomic E-state index is 12.3. The Morgan fingerprint density at radius 3 is 2.65 bits per heavy atom. The lowest BCUT2D eigenvalue weighted by Crippen LogP contribution is -2.49. The molecular weight excluding hydrogens is 238 g/mol. The molecule has 1 rings (SSSR count). The molecule has 0 aromatic heterocycles. The molecule has 0 amide bonds. The Labute approximate surface area is 104 Å². The first kappa shape index (κ1) is 14.4. The molecule has 0 radical (unpaired) electrons. The molecule has 1 saturated heterocycles. The van der Waals surface area contributed by atoms with Gasteiger partial charge in [0.2, 0.25) is 10.0 Å². The van der Waals surface area contributed by atoms with Gasteiger partial charge in [-0.1, -0.05) is 6.92 Å². The Balaban J connectivity index is 2.93. The largest absolute Gasteiger partial charge is 0.330 e. The van der Waals surface area contributed by atoms with Gasteiger partial charge in [0.25, 0.3) is 0 Å². The van der Waals surface area contributed by atoms with E-state index in [1.165, 1.54) is 4.31 Å². The molecule has 1 heterocycles. The van der Waals surface area contributed by atoms with Gasteiger partial charge in [0, 0.05) is 12.6 Å². The van der Waals surface area contributed by atoms with Crippen molar-refractivity contribution >= 4 is 10.0 Å². The van der Waals surface area contributed by atoms with Crippen LogP contribution in [0.2, 0.25) is 0 Å². The number of nitrogens with two attached hydrogens (primary N) is 1. The second-order valence-corrected chi connectivity index (χ2v) is 6.74. The molecule has 0 bridgehead atoms. The topological polar surface area (TPSA) is 87.2 Å². The van der Waals surface area contributed by atoms with Crippen molar-refractivity contribution in [2.24, 2.45) is 11.7 Å². The van der Waals surface area contributed by atoms with E-state index < -0.39 is 15.3 Å². The lowest BCUT2D eigenvalue weighted by Gasteiger charge is -2.37. The van der Waals surface area contributed by atoms with Gasteiger partial charge in [-0.25, -0.2) is 8.42 Å². The Morgan fingerprint density at radius 2 is 2.18 bits per heavy atom. The van der Waals surface area contributed by atoms with E-state index in [1.807, 2.05) is 13.0 Å². The highest BCUT2D eigenvalue weighted by Gasteiger charge is 2.37. The van der Waals surface area contributed by atoms with Gasteiger partial charge in [0.15, 0.2) is 5.25 Å². The Morgan fingerprint density at radius 1 is 1.53 bits per heavy atom. The summed E-state index contributed by atoms with van der Waals surface area (Å²) >= 11 is 0. The molecule has 5 nitrogen and oxygen atoms in total. The second-order valence-electron chi connectivity index (χ2n) is 4.67. The summed E-state index contributed by atoms with van der Waals surface area (Å²) in [7, 11) is -3.50. The van der Waals surface area contributed by atoms with Crippen LogP contribution in [0.1, 0.15) is 33.1 Å². The molecule has 0 aliphatic carbocycles. The first-order valence-electron chi connectivity index (χ1n) is 6.07. The minimum absolute atomic E-state index is 0.0230. The zero-order valence-corrected chi connectivity index (χ0v) is 11.3. The van der Waals surface area contributed by atoms with Crippen molar-refractivity contribution in [1.82, 2.24) is 4.31 Å². The number of rotatable bonds is 4. The normalized spacial score (nSPS) is 28.6. The first-order chi connectivity index (χ1) is 7.97. The third-order valence-electron chi connectivity index (χ3n) is 3.46. The summed E-state index contributed by atoms with van der Waals surface area (Å²) < 4.78 is 26.0. The first-order valence-corrected chi connectivity index (χ1v) is 7.58. The number of nitrogens with zero attached hydrogens (tertiary/aromatic N) is 2. The molecule has 3 unspecified atom stereocenters. The molecule has 1 aliphatic rings. The monoisotopic (exact) mass is 259 g/mol. The molecule has 2 N–H and O–H groups in total. The second kappa shape index (κ2) is 5.80. The molecule has 3 atom stereocenters. The van der Waals surface area contributed by atoms with E-state index >= 15 is 0 Å². The standard InChI is InChI=1S/C11H21N3O2S/c1-3-11(7-13)17(15,16)14-8-10(6-12)5-4-9(14)2/h9-11H,3-6,8,12H2,1-2H3. The van der Waals surface area contributed by atoms with Crippen molar-refractivity contribution in [3.8, 4) is 6.07 Å². The molecule has 0 aromatic rings. The van der Waals surface area contributed by atoms with E-state index in [9.17, 15) is 8.42 Å². The van der Waals surface area contributed by atoms with Crippen LogP contribution in [-0.2, 0) is 10.0 Å². The average molecular weight is 259 g/mol. The molecule has 1 aliphatic heterocycles. The number of nitriles is 1. The Bertz CT molecular complexity index is 388. The van der Waals surface area contributed by atoms with Crippen LogP contribution in [-0.4, -0.2) is 37.1 Å². The van der Waals surface area contributed by atoms with Gasteiger partial charge in [-0.3, -0.25) is 0 Å².